The third-order valence-corrected chi connectivity index (χ3v) is 6.21. The summed E-state index contributed by atoms with van der Waals surface area (Å²) in [5, 5.41) is 0. The molecule has 2 saturated heterocycles. The highest BCUT2D eigenvalue weighted by molar-refractivity contribution is 5.72. The average molecular weight is 383 g/mol. The van der Waals surface area contributed by atoms with Crippen LogP contribution in [0.4, 0.5) is 0 Å². The van der Waals surface area contributed by atoms with Crippen LogP contribution in [0.5, 0.6) is 0 Å². The molecule has 156 valence electrons. The molecule has 1 atom stereocenters. The molecule has 2 heterocycles. The van der Waals surface area contributed by atoms with E-state index < -0.39 is 6.03 Å². The van der Waals surface area contributed by atoms with Gasteiger partial charge in [-0.15, -0.1) is 0 Å². The quantitative estimate of drug-likeness (QED) is 0.474. The summed E-state index contributed by atoms with van der Waals surface area (Å²) in [6.45, 7) is 9.19. The molecule has 0 amide bonds. The minimum absolute atomic E-state index is 0.0352. The SMILES string of the molecule is CCOC(=O)C1CCC(OC(OCC)(N2CCCCC2)N2CCCC2)CC1. The molecule has 6 heteroatoms. The molecular weight excluding hydrogens is 344 g/mol. The first-order valence-electron chi connectivity index (χ1n) is 11.2. The van der Waals surface area contributed by atoms with Crippen LogP contribution in [-0.4, -0.2) is 67.3 Å². The van der Waals surface area contributed by atoms with E-state index in [0.29, 0.717) is 13.2 Å². The molecule has 1 saturated carbocycles. The molecule has 3 aliphatic rings. The summed E-state index contributed by atoms with van der Waals surface area (Å²) in [6.07, 6.45) is 9.79. The number of esters is 1. The van der Waals surface area contributed by atoms with Crippen LogP contribution in [0.25, 0.3) is 0 Å². The van der Waals surface area contributed by atoms with Crippen molar-refractivity contribution in [3.63, 3.8) is 0 Å². The van der Waals surface area contributed by atoms with Crippen molar-refractivity contribution in [2.24, 2.45) is 5.92 Å². The fourth-order valence-corrected chi connectivity index (χ4v) is 4.82. The zero-order chi connectivity index (χ0) is 19.1. The maximum atomic E-state index is 12.0. The van der Waals surface area contributed by atoms with Crippen molar-refractivity contribution in [3.8, 4) is 0 Å². The minimum Gasteiger partial charge on any atom is -0.466 e. The van der Waals surface area contributed by atoms with Crippen molar-refractivity contribution in [1.82, 2.24) is 9.80 Å². The Hall–Kier alpha value is -0.690. The van der Waals surface area contributed by atoms with Crippen LogP contribution in [0, 0.1) is 5.92 Å². The first-order chi connectivity index (χ1) is 13.2. The lowest BCUT2D eigenvalue weighted by molar-refractivity contribution is -0.403. The number of carbonyl (C=O) groups is 1. The van der Waals surface area contributed by atoms with Gasteiger partial charge >= 0.3 is 5.97 Å². The molecule has 6 nitrogen and oxygen atoms in total. The second-order valence-corrected chi connectivity index (χ2v) is 8.07. The van der Waals surface area contributed by atoms with Crippen molar-refractivity contribution in [2.45, 2.75) is 83.8 Å². The van der Waals surface area contributed by atoms with E-state index in [4.69, 9.17) is 14.2 Å². The Kier molecular flexibility index (Phi) is 7.94. The van der Waals surface area contributed by atoms with Crippen molar-refractivity contribution < 1.29 is 19.0 Å². The van der Waals surface area contributed by atoms with Crippen LogP contribution in [0.2, 0.25) is 0 Å². The average Bonchev–Trinajstić information content (AvgIpc) is 3.24. The maximum absolute atomic E-state index is 12.0. The normalized spacial score (nSPS) is 30.1. The highest BCUT2D eigenvalue weighted by atomic mass is 16.7. The minimum atomic E-state index is -0.715. The van der Waals surface area contributed by atoms with E-state index in [1.807, 2.05) is 6.92 Å². The number of ether oxygens (including phenoxy) is 3. The van der Waals surface area contributed by atoms with Gasteiger partial charge in [0.15, 0.2) is 0 Å². The molecule has 1 aliphatic carbocycles. The largest absolute Gasteiger partial charge is 0.466 e. The highest BCUT2D eigenvalue weighted by Crippen LogP contribution is 2.36. The summed E-state index contributed by atoms with van der Waals surface area (Å²) in [5.74, 6) is -0.00402. The molecule has 0 spiro atoms. The molecule has 1 unspecified atom stereocenters. The van der Waals surface area contributed by atoms with Crippen LogP contribution >= 0.6 is 0 Å². The Morgan fingerprint density at radius 3 is 1.93 bits per heavy atom. The first-order valence-corrected chi connectivity index (χ1v) is 11.2. The second-order valence-electron chi connectivity index (χ2n) is 8.07. The zero-order valence-corrected chi connectivity index (χ0v) is 17.3. The number of nitrogens with zero attached hydrogens (tertiary/aromatic N) is 2. The molecule has 2 aliphatic heterocycles. The van der Waals surface area contributed by atoms with Gasteiger partial charge < -0.3 is 14.2 Å². The molecular formula is C21H38N2O4. The monoisotopic (exact) mass is 382 g/mol. The van der Waals surface area contributed by atoms with Gasteiger partial charge in [-0.2, -0.15) is 0 Å². The molecule has 0 bridgehead atoms. The first kappa shape index (κ1) is 21.0. The predicted octanol–water partition coefficient (Wildman–Crippen LogP) is 3.35. The van der Waals surface area contributed by atoms with Gasteiger partial charge in [-0.05, 0) is 65.2 Å². The fourth-order valence-electron chi connectivity index (χ4n) is 4.82. The van der Waals surface area contributed by atoms with Gasteiger partial charge in [-0.3, -0.25) is 4.79 Å². The molecule has 0 aromatic rings. The van der Waals surface area contributed by atoms with Crippen LogP contribution in [0.15, 0.2) is 0 Å². The summed E-state index contributed by atoms with van der Waals surface area (Å²) in [4.78, 5) is 16.9. The van der Waals surface area contributed by atoms with Crippen molar-refractivity contribution in [1.29, 1.82) is 0 Å². The van der Waals surface area contributed by atoms with Gasteiger partial charge in [0.25, 0.3) is 6.03 Å². The van der Waals surface area contributed by atoms with Crippen molar-refractivity contribution in [3.05, 3.63) is 0 Å². The van der Waals surface area contributed by atoms with Crippen molar-refractivity contribution >= 4 is 5.97 Å². The van der Waals surface area contributed by atoms with E-state index in [-0.39, 0.29) is 18.0 Å². The lowest BCUT2D eigenvalue weighted by Gasteiger charge is -2.50. The van der Waals surface area contributed by atoms with Gasteiger partial charge in [0.05, 0.1) is 18.6 Å². The second kappa shape index (κ2) is 10.2. The van der Waals surface area contributed by atoms with Crippen LogP contribution in [0.3, 0.4) is 0 Å². The van der Waals surface area contributed by atoms with Gasteiger partial charge in [0.1, 0.15) is 0 Å². The zero-order valence-electron chi connectivity index (χ0n) is 17.3. The van der Waals surface area contributed by atoms with E-state index in [1.165, 1.54) is 32.1 Å². The van der Waals surface area contributed by atoms with Gasteiger partial charge in [-0.1, -0.05) is 6.42 Å². The number of rotatable bonds is 8. The third-order valence-electron chi connectivity index (χ3n) is 6.21. The van der Waals surface area contributed by atoms with E-state index in [0.717, 1.165) is 51.9 Å². The fraction of sp³-hybridized carbons (Fsp3) is 0.952. The lowest BCUT2D eigenvalue weighted by atomic mass is 9.87. The third kappa shape index (κ3) is 5.03. The smallest absolute Gasteiger partial charge is 0.308 e. The summed E-state index contributed by atoms with van der Waals surface area (Å²) < 4.78 is 18.4. The topological polar surface area (TPSA) is 51.2 Å². The van der Waals surface area contributed by atoms with Crippen molar-refractivity contribution in [2.75, 3.05) is 39.4 Å². The lowest BCUT2D eigenvalue weighted by Crippen LogP contribution is -2.65. The van der Waals surface area contributed by atoms with Crippen LogP contribution in [-0.2, 0) is 19.0 Å². The van der Waals surface area contributed by atoms with E-state index >= 15 is 0 Å². The summed E-state index contributed by atoms with van der Waals surface area (Å²) >= 11 is 0. The standard InChI is InChI=1S/C21H38N2O4/c1-3-25-20(24)18-10-12-19(13-11-18)27-21(26-4-2,23-16-8-9-17-23)22-14-6-5-7-15-22/h18-19H,3-17H2,1-2H3. The summed E-state index contributed by atoms with van der Waals surface area (Å²) in [6, 6.07) is -0.715. The Bertz CT molecular complexity index is 455. The predicted molar refractivity (Wildman–Crippen MR) is 104 cm³/mol. The molecule has 3 rings (SSSR count). The number of carbonyl (C=O) groups excluding carboxylic acids is 1. The van der Waals surface area contributed by atoms with Gasteiger partial charge in [-0.25, -0.2) is 9.80 Å². The molecule has 0 radical (unpaired) electrons. The Morgan fingerprint density at radius 1 is 0.852 bits per heavy atom. The number of likely N-dealkylation sites (tertiary alicyclic amines) is 2. The molecule has 27 heavy (non-hydrogen) atoms. The Morgan fingerprint density at radius 2 is 1.41 bits per heavy atom. The molecule has 0 N–H and O–H groups in total. The Labute approximate surface area is 164 Å². The number of piperidine rings is 1. The Balaban J connectivity index is 1.68. The van der Waals surface area contributed by atoms with E-state index in [1.54, 1.807) is 0 Å². The number of hydrogen-bond acceptors (Lipinski definition) is 6. The van der Waals surface area contributed by atoms with E-state index in [2.05, 4.69) is 16.7 Å². The van der Waals surface area contributed by atoms with E-state index in [9.17, 15) is 4.79 Å². The van der Waals surface area contributed by atoms with Gasteiger partial charge in [0, 0.05) is 32.8 Å². The van der Waals surface area contributed by atoms with Crippen LogP contribution in [0.1, 0.15) is 71.6 Å². The highest BCUT2D eigenvalue weighted by Gasteiger charge is 2.48. The summed E-state index contributed by atoms with van der Waals surface area (Å²) in [7, 11) is 0. The van der Waals surface area contributed by atoms with Crippen LogP contribution < -0.4 is 0 Å². The maximum Gasteiger partial charge on any atom is 0.308 e. The van der Waals surface area contributed by atoms with Gasteiger partial charge in [0.2, 0.25) is 0 Å². The molecule has 0 aromatic carbocycles. The number of hydrogen-bond donors (Lipinski definition) is 0. The molecule has 3 fully saturated rings. The summed E-state index contributed by atoms with van der Waals surface area (Å²) in [5.41, 5.74) is 0. The molecule has 0 aromatic heterocycles.